The lowest BCUT2D eigenvalue weighted by Crippen LogP contribution is -2.56. The first-order valence-electron chi connectivity index (χ1n) is 9.20. The highest BCUT2D eigenvalue weighted by molar-refractivity contribution is 5.74. The third-order valence-electron chi connectivity index (χ3n) is 4.97. The molecule has 7 nitrogen and oxygen atoms in total. The molecule has 0 atom stereocenters. The van der Waals surface area contributed by atoms with E-state index in [1.165, 1.54) is 25.7 Å². The first-order chi connectivity index (χ1) is 11.6. The van der Waals surface area contributed by atoms with Crippen molar-refractivity contribution in [2.24, 2.45) is 0 Å². The average Bonchev–Trinajstić information content (AvgIpc) is 3.01. The lowest BCUT2D eigenvalue weighted by molar-refractivity contribution is -0.139. The predicted molar refractivity (Wildman–Crippen MR) is 91.1 cm³/mol. The number of ether oxygens (including phenoxy) is 1. The molecule has 0 aromatic rings. The second kappa shape index (κ2) is 9.84. The van der Waals surface area contributed by atoms with Crippen molar-refractivity contribution in [2.75, 3.05) is 26.2 Å². The van der Waals surface area contributed by atoms with Crippen LogP contribution >= 0.6 is 0 Å². The summed E-state index contributed by atoms with van der Waals surface area (Å²) in [6, 6.07) is 0.268. The maximum Gasteiger partial charge on any atom is 0.317 e. The van der Waals surface area contributed by atoms with Crippen LogP contribution in [0.15, 0.2) is 0 Å². The van der Waals surface area contributed by atoms with E-state index >= 15 is 0 Å². The predicted octanol–water partition coefficient (Wildman–Crippen LogP) is 1.57. The van der Waals surface area contributed by atoms with Gasteiger partial charge in [-0.25, -0.2) is 4.79 Å². The normalized spacial score (nSPS) is 23.9. The molecule has 3 N–H and O–H groups in total. The molecule has 0 aromatic carbocycles. The Morgan fingerprint density at radius 1 is 1.25 bits per heavy atom. The average molecular weight is 341 g/mol. The van der Waals surface area contributed by atoms with Crippen molar-refractivity contribution in [1.29, 1.82) is 0 Å². The van der Waals surface area contributed by atoms with Crippen molar-refractivity contribution in [3.05, 3.63) is 0 Å². The second-order valence-electron chi connectivity index (χ2n) is 6.81. The number of aliphatic carboxylic acids is 1. The first kappa shape index (κ1) is 19.0. The molecule has 0 unspecified atom stereocenters. The highest BCUT2D eigenvalue weighted by atomic mass is 16.5. The Kier molecular flexibility index (Phi) is 7.78. The molecule has 138 valence electrons. The van der Waals surface area contributed by atoms with Gasteiger partial charge in [0.2, 0.25) is 0 Å². The second-order valence-corrected chi connectivity index (χ2v) is 6.81. The third kappa shape index (κ3) is 6.28. The molecular weight excluding hydrogens is 310 g/mol. The summed E-state index contributed by atoms with van der Waals surface area (Å²) in [6.07, 6.45) is 7.79. The molecule has 0 saturated heterocycles. The van der Waals surface area contributed by atoms with E-state index < -0.39 is 5.97 Å². The van der Waals surface area contributed by atoms with Crippen LogP contribution in [0.25, 0.3) is 0 Å². The van der Waals surface area contributed by atoms with Gasteiger partial charge in [-0.15, -0.1) is 0 Å². The highest BCUT2D eigenvalue weighted by Gasteiger charge is 2.34. The van der Waals surface area contributed by atoms with Crippen LogP contribution in [0.5, 0.6) is 0 Å². The molecule has 0 heterocycles. The van der Waals surface area contributed by atoms with Gasteiger partial charge in [-0.1, -0.05) is 19.8 Å². The minimum absolute atomic E-state index is 0.0705. The van der Waals surface area contributed by atoms with E-state index in [-0.39, 0.29) is 24.7 Å². The van der Waals surface area contributed by atoms with Gasteiger partial charge in [-0.2, -0.15) is 0 Å². The largest absolute Gasteiger partial charge is 0.480 e. The smallest absolute Gasteiger partial charge is 0.317 e. The van der Waals surface area contributed by atoms with E-state index in [1.807, 2.05) is 11.8 Å². The van der Waals surface area contributed by atoms with Crippen molar-refractivity contribution in [3.63, 3.8) is 0 Å². The number of nitrogens with one attached hydrogen (secondary N) is 2. The highest BCUT2D eigenvalue weighted by Crippen LogP contribution is 2.25. The molecule has 0 aromatic heterocycles. The quantitative estimate of drug-likeness (QED) is 0.525. The number of hydrogen-bond donors (Lipinski definition) is 3. The Morgan fingerprint density at radius 3 is 2.58 bits per heavy atom. The van der Waals surface area contributed by atoms with Crippen molar-refractivity contribution in [1.82, 2.24) is 15.5 Å². The van der Waals surface area contributed by atoms with Crippen LogP contribution in [0.3, 0.4) is 0 Å². The third-order valence-corrected chi connectivity index (χ3v) is 4.97. The number of rotatable bonds is 10. The van der Waals surface area contributed by atoms with Crippen LogP contribution < -0.4 is 10.6 Å². The Labute approximate surface area is 144 Å². The maximum atomic E-state index is 11.8. The molecule has 2 saturated carbocycles. The molecule has 24 heavy (non-hydrogen) atoms. The molecule has 0 spiro atoms. The van der Waals surface area contributed by atoms with Gasteiger partial charge in [0.25, 0.3) is 0 Å². The lowest BCUT2D eigenvalue weighted by Gasteiger charge is -2.42. The summed E-state index contributed by atoms with van der Waals surface area (Å²) in [5.41, 5.74) is 0. The van der Waals surface area contributed by atoms with Gasteiger partial charge in [0.05, 0.1) is 12.6 Å². The van der Waals surface area contributed by atoms with E-state index in [2.05, 4.69) is 10.6 Å². The Hall–Kier alpha value is -1.34. The summed E-state index contributed by atoms with van der Waals surface area (Å²) >= 11 is 0. The molecule has 2 amide bonds. The van der Waals surface area contributed by atoms with Gasteiger partial charge >= 0.3 is 12.0 Å². The SMILES string of the molecule is CCN(CC(=O)O)C1CC(NC(=O)NCCCOC2CCCC2)C1. The van der Waals surface area contributed by atoms with E-state index in [0.717, 1.165) is 25.8 Å². The first-order valence-corrected chi connectivity index (χ1v) is 9.20. The van der Waals surface area contributed by atoms with Gasteiger partial charge in [-0.05, 0) is 38.6 Å². The minimum atomic E-state index is -0.800. The number of amides is 2. The van der Waals surface area contributed by atoms with Crippen LogP contribution in [0, 0.1) is 0 Å². The number of carboxylic acids is 1. The van der Waals surface area contributed by atoms with Crippen molar-refractivity contribution < 1.29 is 19.4 Å². The van der Waals surface area contributed by atoms with Gasteiger partial charge in [0.1, 0.15) is 0 Å². The number of nitrogens with zero attached hydrogens (tertiary/aromatic N) is 1. The molecule has 2 rings (SSSR count). The van der Waals surface area contributed by atoms with E-state index in [1.54, 1.807) is 0 Å². The molecule has 2 fully saturated rings. The standard InChI is InChI=1S/C17H31N3O4/c1-2-20(12-16(21)22)14-10-13(11-14)19-17(23)18-8-5-9-24-15-6-3-4-7-15/h13-15H,2-12H2,1H3,(H,21,22)(H2,18,19,23). The Morgan fingerprint density at radius 2 is 1.96 bits per heavy atom. The molecule has 0 bridgehead atoms. The maximum absolute atomic E-state index is 11.8. The summed E-state index contributed by atoms with van der Waals surface area (Å²) < 4.78 is 5.76. The van der Waals surface area contributed by atoms with Crippen molar-refractivity contribution in [2.45, 2.75) is 70.1 Å². The van der Waals surface area contributed by atoms with Gasteiger partial charge in [0.15, 0.2) is 0 Å². The summed E-state index contributed by atoms with van der Waals surface area (Å²) in [5.74, 6) is -0.800. The number of carboxylic acid groups (broad SMARTS) is 1. The van der Waals surface area contributed by atoms with Gasteiger partial charge in [0, 0.05) is 25.2 Å². The number of carbonyl (C=O) groups excluding carboxylic acids is 1. The van der Waals surface area contributed by atoms with Crippen molar-refractivity contribution >= 4 is 12.0 Å². The van der Waals surface area contributed by atoms with Crippen LogP contribution in [0.1, 0.15) is 51.9 Å². The number of carbonyl (C=O) groups is 2. The summed E-state index contributed by atoms with van der Waals surface area (Å²) in [4.78, 5) is 24.6. The van der Waals surface area contributed by atoms with Crippen molar-refractivity contribution in [3.8, 4) is 0 Å². The topological polar surface area (TPSA) is 90.9 Å². The molecule has 7 heteroatoms. The summed E-state index contributed by atoms with van der Waals surface area (Å²) in [6.45, 7) is 4.08. The molecule has 2 aliphatic carbocycles. The number of likely N-dealkylation sites (N-methyl/N-ethyl adjacent to an activating group) is 1. The molecule has 0 radical (unpaired) electrons. The zero-order chi connectivity index (χ0) is 17.4. The lowest BCUT2D eigenvalue weighted by atomic mass is 9.85. The van der Waals surface area contributed by atoms with Crippen LogP contribution in [0.2, 0.25) is 0 Å². The van der Waals surface area contributed by atoms with E-state index in [9.17, 15) is 9.59 Å². The summed E-state index contributed by atoms with van der Waals surface area (Å²) in [7, 11) is 0. The van der Waals surface area contributed by atoms with Crippen LogP contribution in [-0.2, 0) is 9.53 Å². The fourth-order valence-electron chi connectivity index (χ4n) is 3.49. The zero-order valence-electron chi connectivity index (χ0n) is 14.6. The number of urea groups is 1. The molecule has 0 aliphatic heterocycles. The summed E-state index contributed by atoms with van der Waals surface area (Å²) in [5, 5.41) is 14.7. The van der Waals surface area contributed by atoms with Crippen LogP contribution in [0.4, 0.5) is 4.79 Å². The minimum Gasteiger partial charge on any atom is -0.480 e. The Bertz CT molecular complexity index is 407. The van der Waals surface area contributed by atoms with E-state index in [4.69, 9.17) is 9.84 Å². The molecule has 2 aliphatic rings. The zero-order valence-corrected chi connectivity index (χ0v) is 14.6. The Balaban J connectivity index is 1.48. The fraction of sp³-hybridized carbons (Fsp3) is 0.882. The number of hydrogen-bond acceptors (Lipinski definition) is 4. The monoisotopic (exact) mass is 341 g/mol. The van der Waals surface area contributed by atoms with Crippen LogP contribution in [-0.4, -0.2) is 66.4 Å². The van der Waals surface area contributed by atoms with Gasteiger partial charge in [-0.3, -0.25) is 9.69 Å². The van der Waals surface area contributed by atoms with Gasteiger partial charge < -0.3 is 20.5 Å². The van der Waals surface area contributed by atoms with E-state index in [0.29, 0.717) is 19.3 Å². The molecular formula is C17H31N3O4. The fourth-order valence-corrected chi connectivity index (χ4v) is 3.49.